The molecule has 186 valence electrons. The molecule has 31 heavy (non-hydrogen) atoms. The quantitative estimate of drug-likeness (QED) is 0.109. The highest BCUT2D eigenvalue weighted by Gasteiger charge is 2.20. The standard InChI is InChI=1S/C16H29N.C8H20N.BF4/c1-2-3-4-5-6-7-8-9-10-11-14-17-15-12-13-16-17;1-5-9(6-2,7-3)8-4;2-1(3,4)5/h12-13,15-16H,2-11,14H2,1H3;5-8H2,1-4H3;/q;+1;-1. The van der Waals surface area contributed by atoms with Gasteiger partial charge in [0.1, 0.15) is 0 Å². The lowest BCUT2D eigenvalue weighted by Crippen LogP contribution is -2.47. The lowest BCUT2D eigenvalue weighted by Gasteiger charge is -2.34. The SMILES string of the molecule is CCCCCCCCCCCCn1cccc1.CC[N+](CC)(CC)CC.F[B-](F)(F)F. The van der Waals surface area contributed by atoms with Gasteiger partial charge in [0.15, 0.2) is 0 Å². The number of halogens is 4. The number of rotatable bonds is 15. The molecule has 0 saturated heterocycles. The molecule has 1 heterocycles. The lowest BCUT2D eigenvalue weighted by molar-refractivity contribution is -0.921. The van der Waals surface area contributed by atoms with Crippen molar-refractivity contribution in [1.82, 2.24) is 4.57 Å². The molecule has 0 aliphatic heterocycles. The largest absolute Gasteiger partial charge is 0.673 e. The van der Waals surface area contributed by atoms with Crippen molar-refractivity contribution in [2.75, 3.05) is 26.2 Å². The van der Waals surface area contributed by atoms with Gasteiger partial charge in [-0.05, 0) is 46.2 Å². The van der Waals surface area contributed by atoms with Crippen molar-refractivity contribution < 1.29 is 21.7 Å². The molecular weight excluding hydrogens is 403 g/mol. The predicted octanol–water partition coefficient (Wildman–Crippen LogP) is 8.59. The number of hydrogen-bond donors (Lipinski definition) is 0. The van der Waals surface area contributed by atoms with Crippen molar-refractivity contribution in [3.05, 3.63) is 24.5 Å². The molecule has 7 heteroatoms. The molecule has 0 aromatic carbocycles. The van der Waals surface area contributed by atoms with Crippen LogP contribution < -0.4 is 0 Å². The summed E-state index contributed by atoms with van der Waals surface area (Å²) in [6.45, 7) is 17.7. The van der Waals surface area contributed by atoms with Gasteiger partial charge in [0, 0.05) is 18.9 Å². The van der Waals surface area contributed by atoms with Crippen LogP contribution in [0.25, 0.3) is 0 Å². The molecular formula is C24H49BF4N2. The Balaban J connectivity index is 0. The number of hydrogen-bond acceptors (Lipinski definition) is 0. The van der Waals surface area contributed by atoms with E-state index < -0.39 is 7.25 Å². The molecule has 1 rings (SSSR count). The summed E-state index contributed by atoms with van der Waals surface area (Å²) < 4.78 is 42.6. The van der Waals surface area contributed by atoms with Gasteiger partial charge in [-0.25, -0.2) is 0 Å². The van der Waals surface area contributed by atoms with Gasteiger partial charge < -0.3 is 26.3 Å². The summed E-state index contributed by atoms with van der Waals surface area (Å²) in [4.78, 5) is 0. The molecule has 0 spiro atoms. The molecule has 1 aromatic rings. The molecule has 0 aliphatic rings. The minimum atomic E-state index is -6.00. The molecule has 0 radical (unpaired) electrons. The van der Waals surface area contributed by atoms with Crippen molar-refractivity contribution in [2.24, 2.45) is 0 Å². The van der Waals surface area contributed by atoms with Crippen LogP contribution in [-0.2, 0) is 6.54 Å². The Morgan fingerprint density at radius 1 is 0.581 bits per heavy atom. The third-order valence-corrected chi connectivity index (χ3v) is 6.12. The highest BCUT2D eigenvalue weighted by Crippen LogP contribution is 2.11. The second kappa shape index (κ2) is 20.9. The maximum Gasteiger partial charge on any atom is 0.673 e. The van der Waals surface area contributed by atoms with Crippen molar-refractivity contribution in [1.29, 1.82) is 0 Å². The van der Waals surface area contributed by atoms with Crippen LogP contribution in [0.3, 0.4) is 0 Å². The second-order valence-electron chi connectivity index (χ2n) is 8.20. The summed E-state index contributed by atoms with van der Waals surface area (Å²) in [7, 11) is -6.00. The van der Waals surface area contributed by atoms with Gasteiger partial charge in [0.05, 0.1) is 26.2 Å². The van der Waals surface area contributed by atoms with Gasteiger partial charge in [0.25, 0.3) is 0 Å². The summed E-state index contributed by atoms with van der Waals surface area (Å²) in [5.41, 5.74) is 0. The summed E-state index contributed by atoms with van der Waals surface area (Å²) in [6.07, 6.45) is 18.5. The van der Waals surface area contributed by atoms with Gasteiger partial charge in [-0.15, -0.1) is 0 Å². The van der Waals surface area contributed by atoms with E-state index in [1.807, 2.05) is 0 Å². The van der Waals surface area contributed by atoms with Gasteiger partial charge in [-0.3, -0.25) is 0 Å². The summed E-state index contributed by atoms with van der Waals surface area (Å²) >= 11 is 0. The van der Waals surface area contributed by atoms with Crippen LogP contribution >= 0.6 is 0 Å². The first-order chi connectivity index (χ1) is 14.7. The van der Waals surface area contributed by atoms with Crippen LogP contribution in [-0.4, -0.2) is 42.5 Å². The third-order valence-electron chi connectivity index (χ3n) is 6.12. The van der Waals surface area contributed by atoms with Crippen molar-refractivity contribution >= 4 is 7.25 Å². The van der Waals surface area contributed by atoms with E-state index in [0.717, 1.165) is 0 Å². The van der Waals surface area contributed by atoms with Crippen LogP contribution in [0.2, 0.25) is 0 Å². The minimum absolute atomic E-state index is 1.20. The fourth-order valence-corrected chi connectivity index (χ4v) is 3.64. The molecule has 0 bridgehead atoms. The Bertz CT molecular complexity index is 437. The first-order valence-corrected chi connectivity index (χ1v) is 12.5. The van der Waals surface area contributed by atoms with Crippen LogP contribution in [0, 0.1) is 0 Å². The van der Waals surface area contributed by atoms with Crippen molar-refractivity contribution in [3.8, 4) is 0 Å². The summed E-state index contributed by atoms with van der Waals surface area (Å²) in [5.74, 6) is 0. The Hall–Kier alpha value is -0.975. The Labute approximate surface area is 190 Å². The Morgan fingerprint density at radius 2 is 0.903 bits per heavy atom. The van der Waals surface area contributed by atoms with Gasteiger partial charge >= 0.3 is 7.25 Å². The molecule has 0 N–H and O–H groups in total. The van der Waals surface area contributed by atoms with E-state index in [2.05, 4.69) is 63.7 Å². The number of quaternary nitrogens is 1. The average Bonchev–Trinajstić information content (AvgIpc) is 3.24. The third kappa shape index (κ3) is 23.5. The zero-order chi connectivity index (χ0) is 24.0. The highest BCUT2D eigenvalue weighted by molar-refractivity contribution is 6.50. The normalized spacial score (nSPS) is 11.4. The minimum Gasteiger partial charge on any atom is -0.418 e. The Morgan fingerprint density at radius 3 is 1.19 bits per heavy atom. The molecule has 2 nitrogen and oxygen atoms in total. The number of aryl methyl sites for hydroxylation is 1. The van der Waals surface area contributed by atoms with Crippen LogP contribution in [0.15, 0.2) is 24.5 Å². The van der Waals surface area contributed by atoms with E-state index in [4.69, 9.17) is 0 Å². The number of nitrogens with zero attached hydrogens (tertiary/aromatic N) is 2. The van der Waals surface area contributed by atoms with Gasteiger partial charge in [-0.2, -0.15) is 0 Å². The van der Waals surface area contributed by atoms with Crippen LogP contribution in [0.1, 0.15) is 98.8 Å². The van der Waals surface area contributed by atoms with E-state index in [9.17, 15) is 17.3 Å². The van der Waals surface area contributed by atoms with Crippen molar-refractivity contribution in [2.45, 2.75) is 105 Å². The summed E-state index contributed by atoms with van der Waals surface area (Å²) in [6, 6.07) is 4.21. The second-order valence-corrected chi connectivity index (χ2v) is 8.20. The van der Waals surface area contributed by atoms with E-state index in [1.54, 1.807) is 0 Å². The first kappa shape index (κ1) is 32.2. The first-order valence-electron chi connectivity index (χ1n) is 12.5. The topological polar surface area (TPSA) is 4.93 Å². The fraction of sp³-hybridized carbons (Fsp3) is 0.833. The smallest absolute Gasteiger partial charge is 0.418 e. The lowest BCUT2D eigenvalue weighted by atomic mass is 10.1. The fourth-order valence-electron chi connectivity index (χ4n) is 3.64. The molecule has 0 fully saturated rings. The van der Waals surface area contributed by atoms with Crippen molar-refractivity contribution in [3.63, 3.8) is 0 Å². The average molecular weight is 452 g/mol. The molecule has 1 aromatic heterocycles. The molecule has 0 amide bonds. The monoisotopic (exact) mass is 452 g/mol. The molecule has 0 aliphatic carbocycles. The predicted molar refractivity (Wildman–Crippen MR) is 129 cm³/mol. The molecule has 0 saturated carbocycles. The van der Waals surface area contributed by atoms with E-state index in [0.29, 0.717) is 0 Å². The maximum atomic E-state index is 9.75. The van der Waals surface area contributed by atoms with Gasteiger partial charge in [0.2, 0.25) is 0 Å². The zero-order valence-corrected chi connectivity index (χ0v) is 20.9. The van der Waals surface area contributed by atoms with Crippen LogP contribution in [0.4, 0.5) is 17.3 Å². The van der Waals surface area contributed by atoms with Gasteiger partial charge in [-0.1, -0.05) is 64.7 Å². The Kier molecular flexibility index (Phi) is 21.7. The van der Waals surface area contributed by atoms with Crippen LogP contribution in [0.5, 0.6) is 0 Å². The van der Waals surface area contributed by atoms with E-state index >= 15 is 0 Å². The highest BCUT2D eigenvalue weighted by atomic mass is 19.5. The number of aromatic nitrogens is 1. The summed E-state index contributed by atoms with van der Waals surface area (Å²) in [5, 5.41) is 0. The molecule has 0 unspecified atom stereocenters. The zero-order valence-electron chi connectivity index (χ0n) is 20.9. The van der Waals surface area contributed by atoms with E-state index in [1.165, 1.54) is 101 Å². The molecule has 0 atom stereocenters. The number of unbranched alkanes of at least 4 members (excludes halogenated alkanes) is 9. The maximum absolute atomic E-state index is 9.75. The van der Waals surface area contributed by atoms with E-state index in [-0.39, 0.29) is 0 Å².